The molecule has 1 aliphatic rings. The van der Waals surface area contributed by atoms with Gasteiger partial charge >= 0.3 is 5.97 Å². The number of anilines is 2. The molecular formula is C29H32ClN5O3S. The number of aromatic nitrogens is 3. The smallest absolute Gasteiger partial charge is 0.350 e. The number of methoxy groups -OCH3 is 1. The first-order valence-electron chi connectivity index (χ1n) is 13.1. The number of hydrogen-bond donors (Lipinski definition) is 1. The van der Waals surface area contributed by atoms with Crippen molar-refractivity contribution in [2.75, 3.05) is 17.7 Å². The van der Waals surface area contributed by atoms with Crippen molar-refractivity contribution in [3.8, 4) is 21.7 Å². The maximum absolute atomic E-state index is 13.7. The van der Waals surface area contributed by atoms with E-state index in [0.717, 1.165) is 41.7 Å². The monoisotopic (exact) mass is 565 g/mol. The average Bonchev–Trinajstić information content (AvgIpc) is 3.54. The van der Waals surface area contributed by atoms with Crippen LogP contribution in [0, 0.1) is 11.8 Å². The van der Waals surface area contributed by atoms with Gasteiger partial charge in [-0.25, -0.2) is 9.78 Å². The average molecular weight is 566 g/mol. The van der Waals surface area contributed by atoms with Crippen molar-refractivity contribution < 1.29 is 14.3 Å². The summed E-state index contributed by atoms with van der Waals surface area (Å²) in [6, 6.07) is 11.0. The minimum absolute atomic E-state index is 0.0415. The van der Waals surface area contributed by atoms with Gasteiger partial charge in [-0.05, 0) is 69.2 Å². The van der Waals surface area contributed by atoms with Crippen LogP contribution in [0.5, 0.6) is 0 Å². The van der Waals surface area contributed by atoms with E-state index in [1.54, 1.807) is 21.7 Å². The molecule has 1 aliphatic carbocycles. The number of carbonyl (C=O) groups is 2. The van der Waals surface area contributed by atoms with Gasteiger partial charge in [-0.2, -0.15) is 9.61 Å². The highest BCUT2D eigenvalue weighted by atomic mass is 35.5. The van der Waals surface area contributed by atoms with Crippen LogP contribution in [0.3, 0.4) is 0 Å². The van der Waals surface area contributed by atoms with Gasteiger partial charge in [0, 0.05) is 34.7 Å². The van der Waals surface area contributed by atoms with E-state index < -0.39 is 5.97 Å². The maximum atomic E-state index is 13.7. The predicted molar refractivity (Wildman–Crippen MR) is 156 cm³/mol. The van der Waals surface area contributed by atoms with Crippen molar-refractivity contribution in [2.45, 2.75) is 52.5 Å². The number of halogens is 1. The Morgan fingerprint density at radius 1 is 1.15 bits per heavy atom. The fourth-order valence-corrected chi connectivity index (χ4v) is 6.56. The number of nitrogens with two attached hydrogens (primary N) is 1. The first kappa shape index (κ1) is 27.1. The molecule has 0 unspecified atom stereocenters. The van der Waals surface area contributed by atoms with Crippen molar-refractivity contribution in [1.29, 1.82) is 0 Å². The van der Waals surface area contributed by atoms with Crippen LogP contribution in [-0.2, 0) is 9.53 Å². The molecule has 1 fully saturated rings. The van der Waals surface area contributed by atoms with Crippen LogP contribution in [0.1, 0.15) is 56.1 Å². The van der Waals surface area contributed by atoms with E-state index in [1.807, 2.05) is 44.2 Å². The van der Waals surface area contributed by atoms with Gasteiger partial charge in [-0.3, -0.25) is 4.79 Å². The molecular weight excluding hydrogens is 534 g/mol. The quantitative estimate of drug-likeness (QED) is 0.260. The van der Waals surface area contributed by atoms with E-state index in [2.05, 4.69) is 17.0 Å². The highest BCUT2D eigenvalue weighted by molar-refractivity contribution is 7.18. The predicted octanol–water partition coefficient (Wildman–Crippen LogP) is 6.71. The van der Waals surface area contributed by atoms with E-state index in [0.29, 0.717) is 38.7 Å². The molecule has 0 spiro atoms. The Balaban J connectivity index is 1.52. The number of fused-ring (bicyclic) bond motifs is 1. The summed E-state index contributed by atoms with van der Waals surface area (Å²) in [6.45, 7) is 6.19. The number of amides is 1. The molecule has 1 saturated carbocycles. The lowest BCUT2D eigenvalue weighted by atomic mass is 9.82. The number of esters is 1. The van der Waals surface area contributed by atoms with Crippen LogP contribution >= 0.6 is 22.9 Å². The van der Waals surface area contributed by atoms with Crippen LogP contribution in [0.4, 0.5) is 11.5 Å². The van der Waals surface area contributed by atoms with Crippen LogP contribution in [-0.4, -0.2) is 39.6 Å². The minimum atomic E-state index is -0.463. The first-order valence-corrected chi connectivity index (χ1v) is 14.3. The molecule has 8 nitrogen and oxygen atoms in total. The molecule has 39 heavy (non-hydrogen) atoms. The molecule has 1 aromatic carbocycles. The van der Waals surface area contributed by atoms with E-state index in [9.17, 15) is 9.59 Å². The van der Waals surface area contributed by atoms with Crippen molar-refractivity contribution in [3.63, 3.8) is 0 Å². The van der Waals surface area contributed by atoms with Crippen molar-refractivity contribution in [2.24, 2.45) is 11.8 Å². The summed E-state index contributed by atoms with van der Waals surface area (Å²) in [5.74, 6) is 0.684. The second kappa shape index (κ2) is 11.0. The summed E-state index contributed by atoms with van der Waals surface area (Å²) in [5.41, 5.74) is 9.45. The number of benzene rings is 1. The van der Waals surface area contributed by atoms with E-state index in [4.69, 9.17) is 22.1 Å². The number of nitrogens with zero attached hydrogens (tertiary/aromatic N) is 4. The number of hydrogen-bond acceptors (Lipinski definition) is 7. The van der Waals surface area contributed by atoms with E-state index >= 15 is 0 Å². The molecule has 3 aromatic heterocycles. The third kappa shape index (κ3) is 5.25. The second-order valence-corrected chi connectivity index (χ2v) is 11.9. The molecule has 0 aliphatic heterocycles. The number of ether oxygens (including phenoxy) is 1. The topological polar surface area (TPSA) is 103 Å². The summed E-state index contributed by atoms with van der Waals surface area (Å²) in [7, 11) is 1.36. The highest BCUT2D eigenvalue weighted by Gasteiger charge is 2.33. The van der Waals surface area contributed by atoms with Crippen LogP contribution in [0.15, 0.2) is 42.6 Å². The Labute approximate surface area is 236 Å². The minimum Gasteiger partial charge on any atom is -0.465 e. The zero-order chi connectivity index (χ0) is 27.8. The fraction of sp³-hybridized carbons (Fsp3) is 0.379. The van der Waals surface area contributed by atoms with Gasteiger partial charge in [0.1, 0.15) is 10.7 Å². The van der Waals surface area contributed by atoms with Gasteiger partial charge in [-0.1, -0.05) is 30.7 Å². The lowest BCUT2D eigenvalue weighted by molar-refractivity contribution is -0.123. The molecule has 0 saturated heterocycles. The van der Waals surface area contributed by atoms with Crippen LogP contribution < -0.4 is 10.6 Å². The van der Waals surface area contributed by atoms with Crippen LogP contribution in [0.25, 0.3) is 27.3 Å². The number of rotatable bonds is 6. The summed E-state index contributed by atoms with van der Waals surface area (Å²) >= 11 is 8.04. The Morgan fingerprint density at radius 2 is 1.90 bits per heavy atom. The summed E-state index contributed by atoms with van der Waals surface area (Å²) in [5, 5.41) is 5.05. The number of thiophene rings is 1. The highest BCUT2D eigenvalue weighted by Crippen LogP contribution is 2.42. The van der Waals surface area contributed by atoms with Gasteiger partial charge in [0.15, 0.2) is 5.65 Å². The Morgan fingerprint density at radius 3 is 2.54 bits per heavy atom. The Hall–Kier alpha value is -3.43. The SMILES string of the molecule is COC(=O)c1sc(-c2ccc(-c3cc4nccc(N)n4n3)c(Cl)c2)cc1N(C(=O)[C@H]1CC[C@H](C)CC1)C(C)C. The first-order chi connectivity index (χ1) is 18.7. The van der Waals surface area contributed by atoms with Crippen LogP contribution in [0.2, 0.25) is 5.02 Å². The Bertz CT molecular complexity index is 1540. The second-order valence-electron chi connectivity index (χ2n) is 10.4. The molecule has 1 amide bonds. The standard InChI is InChI=1S/C29H32ClN5O3S/c1-16(2)34(28(36)18-7-5-17(3)6-8-18)23-15-24(39-27(23)29(37)38-4)19-9-10-20(21(30)13-19)22-14-26-32-12-11-25(31)35(26)33-22/h9-18H,5-8,31H2,1-4H3/t17-,18-. The zero-order valence-electron chi connectivity index (χ0n) is 22.5. The molecule has 3 heterocycles. The van der Waals surface area contributed by atoms with Crippen molar-refractivity contribution in [1.82, 2.24) is 14.6 Å². The summed E-state index contributed by atoms with van der Waals surface area (Å²) < 4.78 is 6.68. The number of nitrogen functional groups attached to an aromatic ring is 1. The van der Waals surface area contributed by atoms with Gasteiger partial charge < -0.3 is 15.4 Å². The number of carbonyl (C=O) groups excluding carboxylic acids is 2. The van der Waals surface area contributed by atoms with Crippen molar-refractivity contribution in [3.05, 3.63) is 52.5 Å². The molecule has 204 valence electrons. The molecule has 2 N–H and O–H groups in total. The largest absolute Gasteiger partial charge is 0.465 e. The zero-order valence-corrected chi connectivity index (χ0v) is 24.1. The lowest BCUT2D eigenvalue weighted by Crippen LogP contribution is -2.42. The van der Waals surface area contributed by atoms with Gasteiger partial charge in [-0.15, -0.1) is 11.3 Å². The Kier molecular flexibility index (Phi) is 7.64. The fourth-order valence-electron chi connectivity index (χ4n) is 5.22. The third-order valence-corrected chi connectivity index (χ3v) is 8.84. The molecule has 0 atom stereocenters. The third-order valence-electron chi connectivity index (χ3n) is 7.38. The summed E-state index contributed by atoms with van der Waals surface area (Å²) in [6.07, 6.45) is 5.46. The van der Waals surface area contributed by atoms with Gasteiger partial charge in [0.05, 0.1) is 23.5 Å². The molecule has 0 radical (unpaired) electrons. The molecule has 0 bridgehead atoms. The molecule has 4 aromatic rings. The van der Waals surface area contributed by atoms with Gasteiger partial charge in [0.2, 0.25) is 5.91 Å². The maximum Gasteiger partial charge on any atom is 0.350 e. The van der Waals surface area contributed by atoms with E-state index in [1.165, 1.54) is 18.4 Å². The normalized spacial score (nSPS) is 17.5. The lowest BCUT2D eigenvalue weighted by Gasteiger charge is -2.33. The van der Waals surface area contributed by atoms with E-state index in [-0.39, 0.29) is 17.9 Å². The summed E-state index contributed by atoms with van der Waals surface area (Å²) in [4.78, 5) is 33.9. The van der Waals surface area contributed by atoms with Gasteiger partial charge in [0.25, 0.3) is 0 Å². The molecule has 5 rings (SSSR count). The molecule has 10 heteroatoms. The van der Waals surface area contributed by atoms with Crippen molar-refractivity contribution >= 4 is 52.0 Å².